The van der Waals surface area contributed by atoms with Crippen LogP contribution in [0.4, 0.5) is 0 Å². The molecule has 0 saturated heterocycles. The van der Waals surface area contributed by atoms with Gasteiger partial charge in [-0.25, -0.2) is 0 Å². The monoisotopic (exact) mass is 1030 g/mol. The molecule has 0 N–H and O–H groups in total. The van der Waals surface area contributed by atoms with Crippen LogP contribution in [-0.4, -0.2) is 17.4 Å². The van der Waals surface area contributed by atoms with E-state index in [1.807, 2.05) is 170 Å². The molecule has 0 amide bonds. The fourth-order valence-corrected chi connectivity index (χ4v) is 13.8. The molecule has 0 bridgehead atoms. The van der Waals surface area contributed by atoms with Crippen molar-refractivity contribution < 1.29 is 31.8 Å². The minimum atomic E-state index is -3.36. The van der Waals surface area contributed by atoms with Crippen molar-refractivity contribution >= 4 is 120 Å². The summed E-state index contributed by atoms with van der Waals surface area (Å²) < 4.78 is 32.6. The second-order valence-electron chi connectivity index (χ2n) is 13.3. The van der Waals surface area contributed by atoms with Crippen molar-refractivity contribution in [2.45, 2.75) is 12.3 Å². The van der Waals surface area contributed by atoms with Gasteiger partial charge < -0.3 is 31.8 Å². The van der Waals surface area contributed by atoms with Gasteiger partial charge in [0, 0.05) is 40.7 Å². The predicted octanol–water partition coefficient (Wildman–Crippen LogP) is 6.67. The van der Waals surface area contributed by atoms with E-state index in [9.17, 15) is 0 Å². The summed E-state index contributed by atoms with van der Waals surface area (Å²) in [4.78, 5) is 0. The molecule has 8 aromatic carbocycles. The predicted molar refractivity (Wildman–Crippen MR) is 244 cm³/mol. The van der Waals surface area contributed by atoms with Crippen molar-refractivity contribution in [1.82, 2.24) is 0 Å². The first-order valence-corrected chi connectivity index (χ1v) is 23.4. The van der Waals surface area contributed by atoms with Crippen LogP contribution in [0.25, 0.3) is 32.7 Å². The van der Waals surface area contributed by atoms with E-state index in [-0.39, 0.29) is 64.7 Å². The van der Waals surface area contributed by atoms with Crippen molar-refractivity contribution in [1.29, 1.82) is 0 Å². The molecule has 0 aliphatic carbocycles. The van der Waals surface area contributed by atoms with Crippen molar-refractivity contribution in [2.75, 3.05) is 0 Å². The molecule has 274 valence electrons. The zero-order valence-corrected chi connectivity index (χ0v) is 37.8. The third-order valence-corrected chi connectivity index (χ3v) is 17.4. The SMILES string of the molecule is O=P(Cc1cc2cc(I)ccc2c(-c2c([O-])c(CP(=O)(c3ccccc3)c3ccccc3)cc3cc(I)ccc23)c1[O-])(c1ccccc1)c1ccccc1.[Al+3].[Cl-]. The fraction of sp³-hybridized carbons (Fsp3) is 0.0435. The van der Waals surface area contributed by atoms with Crippen LogP contribution in [0.2, 0.25) is 0 Å². The molecule has 8 aromatic rings. The second-order valence-corrected chi connectivity index (χ2v) is 21.5. The number of rotatable bonds is 9. The normalized spacial score (nSPS) is 11.5. The maximum absolute atomic E-state index is 15.4. The molecule has 0 aliphatic heterocycles. The van der Waals surface area contributed by atoms with Crippen LogP contribution in [0.3, 0.4) is 0 Å². The molecule has 0 saturated carbocycles. The van der Waals surface area contributed by atoms with Crippen LogP contribution >= 0.6 is 59.5 Å². The van der Waals surface area contributed by atoms with Gasteiger partial charge >= 0.3 is 17.4 Å². The summed E-state index contributed by atoms with van der Waals surface area (Å²) in [6.45, 7) is 0. The van der Waals surface area contributed by atoms with Crippen LogP contribution < -0.4 is 43.8 Å². The maximum atomic E-state index is 15.4. The molecule has 56 heavy (non-hydrogen) atoms. The van der Waals surface area contributed by atoms with Gasteiger partial charge in [0.15, 0.2) is 0 Å². The van der Waals surface area contributed by atoms with Crippen molar-refractivity contribution in [3.8, 4) is 22.6 Å². The summed E-state index contributed by atoms with van der Waals surface area (Å²) in [6.07, 6.45) is -0.0373. The summed E-state index contributed by atoms with van der Waals surface area (Å²) in [5.41, 5.74) is 1.30. The molecule has 0 aromatic heterocycles. The van der Waals surface area contributed by atoms with Gasteiger partial charge in [-0.05, 0) is 113 Å². The Labute approximate surface area is 371 Å². The summed E-state index contributed by atoms with van der Waals surface area (Å²) >= 11 is 4.50. The summed E-state index contributed by atoms with van der Waals surface area (Å²) in [5.74, 6) is -0.668. The molecule has 10 heteroatoms. The van der Waals surface area contributed by atoms with Crippen LogP contribution in [0.1, 0.15) is 11.1 Å². The van der Waals surface area contributed by atoms with Gasteiger partial charge in [-0.2, -0.15) is 0 Å². The Morgan fingerprint density at radius 2 is 0.714 bits per heavy atom. The third kappa shape index (κ3) is 8.03. The molecule has 8 rings (SSSR count). The van der Waals surface area contributed by atoms with E-state index >= 15 is 19.3 Å². The molecule has 0 aliphatic rings. The standard InChI is InChI=1S/C46H34I2O4P2.Al.ClH/c47-35-21-23-41-31(27-35)25-33(29-53(51,37-13-5-1-6-14-37)38-15-7-2-8-16-38)45(49)43(41)44-42-24-22-36(48)28-32(42)26-34(46(44)50)30-54(52,39-17-9-3-10-18-39)40-19-11-4-12-20-40;;/h1-28,49-50H,29-30H2;;1H/q;+3;/p-3. The van der Waals surface area contributed by atoms with Gasteiger partial charge in [0.2, 0.25) is 0 Å². The summed E-state index contributed by atoms with van der Waals surface area (Å²) in [7, 11) is -6.73. The molecular formula is C46H32AlClI2O4P2. The first kappa shape index (κ1) is 42.2. The molecule has 0 spiro atoms. The van der Waals surface area contributed by atoms with Crippen molar-refractivity contribution in [2.24, 2.45) is 0 Å². The average molecular weight is 1030 g/mol. The minimum Gasteiger partial charge on any atom is -1.00 e. The second kappa shape index (κ2) is 17.6. The van der Waals surface area contributed by atoms with E-state index in [1.165, 1.54) is 0 Å². The van der Waals surface area contributed by atoms with Gasteiger partial charge in [-0.15, -0.1) is 0 Å². The Hall–Kier alpha value is -3.38. The van der Waals surface area contributed by atoms with E-state index in [1.54, 1.807) is 0 Å². The Balaban J connectivity index is 0.00000266. The average Bonchev–Trinajstić information content (AvgIpc) is 3.20. The largest absolute Gasteiger partial charge is 3.00 e. The smallest absolute Gasteiger partial charge is 1.00 e. The van der Waals surface area contributed by atoms with E-state index in [4.69, 9.17) is 0 Å². The minimum absolute atomic E-state index is 0. The van der Waals surface area contributed by atoms with E-state index in [2.05, 4.69) is 45.2 Å². The van der Waals surface area contributed by atoms with Crippen molar-refractivity contribution in [3.63, 3.8) is 0 Å². The van der Waals surface area contributed by atoms with Crippen molar-refractivity contribution in [3.05, 3.63) is 188 Å². The Kier molecular flexibility index (Phi) is 13.3. The Morgan fingerprint density at radius 3 is 1.00 bits per heavy atom. The van der Waals surface area contributed by atoms with Crippen LogP contribution in [0.15, 0.2) is 170 Å². The molecule has 0 fully saturated rings. The number of halogens is 3. The zero-order chi connectivity index (χ0) is 37.5. The van der Waals surface area contributed by atoms with Gasteiger partial charge in [0.25, 0.3) is 0 Å². The van der Waals surface area contributed by atoms with Gasteiger partial charge in [-0.1, -0.05) is 157 Å². The Bertz CT molecular complexity index is 2490. The summed E-state index contributed by atoms with van der Waals surface area (Å²) in [5, 5.41) is 35.9. The fourth-order valence-electron chi connectivity index (χ4n) is 7.38. The summed E-state index contributed by atoms with van der Waals surface area (Å²) in [6, 6.07) is 52.7. The Morgan fingerprint density at radius 1 is 0.429 bits per heavy atom. The van der Waals surface area contributed by atoms with Crippen LogP contribution in [0, 0.1) is 7.14 Å². The van der Waals surface area contributed by atoms with Gasteiger partial charge in [-0.3, -0.25) is 0 Å². The molecule has 0 heterocycles. The van der Waals surface area contributed by atoms with E-state index < -0.39 is 14.3 Å². The maximum Gasteiger partial charge on any atom is 3.00 e. The molecular weight excluding hydrogens is 995 g/mol. The number of hydrogen-bond acceptors (Lipinski definition) is 4. The molecule has 0 radical (unpaired) electrons. The van der Waals surface area contributed by atoms with E-state index in [0.717, 1.165) is 17.9 Å². The van der Waals surface area contributed by atoms with Gasteiger partial charge in [0.05, 0.1) is 0 Å². The van der Waals surface area contributed by atoms with E-state index in [0.29, 0.717) is 43.1 Å². The van der Waals surface area contributed by atoms with Crippen LogP contribution in [-0.2, 0) is 21.5 Å². The number of fused-ring (bicyclic) bond motifs is 2. The molecule has 0 atom stereocenters. The topological polar surface area (TPSA) is 80.3 Å². The first-order chi connectivity index (χ1) is 26.2. The third-order valence-electron chi connectivity index (χ3n) is 9.99. The number of hydrogen-bond donors (Lipinski definition) is 0. The van der Waals surface area contributed by atoms with Crippen LogP contribution in [0.5, 0.6) is 11.5 Å². The van der Waals surface area contributed by atoms with Gasteiger partial charge in [0.1, 0.15) is 14.3 Å². The molecule has 4 nitrogen and oxygen atoms in total. The quantitative estimate of drug-likeness (QED) is 0.0921. The number of benzene rings is 8. The zero-order valence-electron chi connectivity index (χ0n) is 29.8. The first-order valence-electron chi connectivity index (χ1n) is 17.4. The molecule has 0 unspecified atom stereocenters.